The average Bonchev–Trinajstić information content (AvgIpc) is 2.22. The van der Waals surface area contributed by atoms with Crippen molar-refractivity contribution in [2.75, 3.05) is 23.3 Å². The average molecular weight is 223 g/mol. The number of nitrogens with zero attached hydrogens (tertiary/aromatic N) is 1. The highest BCUT2D eigenvalue weighted by molar-refractivity contribution is 5.73. The molecule has 88 valence electrons. The second-order valence-electron chi connectivity index (χ2n) is 3.52. The van der Waals surface area contributed by atoms with Crippen LogP contribution in [0.3, 0.4) is 0 Å². The van der Waals surface area contributed by atoms with E-state index >= 15 is 0 Å². The summed E-state index contributed by atoms with van der Waals surface area (Å²) in [5.74, 6) is 0.739. The zero-order chi connectivity index (χ0) is 12.0. The van der Waals surface area contributed by atoms with Crippen molar-refractivity contribution in [2.45, 2.75) is 19.3 Å². The molecule has 16 heavy (non-hydrogen) atoms. The highest BCUT2D eigenvalue weighted by Crippen LogP contribution is 2.14. The lowest BCUT2D eigenvalue weighted by Gasteiger charge is -2.06. The summed E-state index contributed by atoms with van der Waals surface area (Å²) in [5.41, 5.74) is 16.6. The summed E-state index contributed by atoms with van der Waals surface area (Å²) in [5, 5.41) is 3.09. The fraction of sp³-hybridized carbons (Fsp3) is 0.400. The summed E-state index contributed by atoms with van der Waals surface area (Å²) >= 11 is 0. The second kappa shape index (κ2) is 5.79. The summed E-state index contributed by atoms with van der Waals surface area (Å²) in [6, 6.07) is 3.47. The lowest BCUT2D eigenvalue weighted by molar-refractivity contribution is -0.118. The molecule has 0 saturated heterocycles. The number of nitrogens with one attached hydrogen (secondary N) is 1. The van der Waals surface area contributed by atoms with Crippen LogP contribution in [0.2, 0.25) is 0 Å². The van der Waals surface area contributed by atoms with Gasteiger partial charge in [0.1, 0.15) is 11.6 Å². The Balaban J connectivity index is 2.27. The van der Waals surface area contributed by atoms with Gasteiger partial charge in [-0.15, -0.1) is 0 Å². The van der Waals surface area contributed by atoms with Crippen molar-refractivity contribution in [1.82, 2.24) is 4.98 Å². The lowest BCUT2D eigenvalue weighted by Crippen LogP contribution is -2.11. The molecule has 1 rings (SSSR count). The number of hydrogen-bond acceptors (Lipinski definition) is 5. The van der Waals surface area contributed by atoms with Crippen molar-refractivity contribution in [3.63, 3.8) is 0 Å². The molecule has 0 radical (unpaired) electrons. The molecule has 0 fully saturated rings. The number of nitrogen functional groups attached to an aromatic ring is 2. The van der Waals surface area contributed by atoms with Crippen LogP contribution in [0.25, 0.3) is 0 Å². The molecule has 6 nitrogen and oxygen atoms in total. The van der Waals surface area contributed by atoms with Crippen LogP contribution in [-0.2, 0) is 4.79 Å². The standard InChI is InChI=1S/C10H17N5O/c11-7-4-5-9(15-10(7)13)14-6-2-1-3-8(12)16/h4-5H,1-3,6,11H2,(H2,12,16)(H3,13,14,15). The Bertz CT molecular complexity index is 366. The Morgan fingerprint density at radius 2 is 2.06 bits per heavy atom. The number of anilines is 3. The predicted molar refractivity (Wildman–Crippen MR) is 64.6 cm³/mol. The third-order valence-corrected chi connectivity index (χ3v) is 2.11. The molecular formula is C10H17N5O. The summed E-state index contributed by atoms with van der Waals surface area (Å²) in [4.78, 5) is 14.5. The van der Waals surface area contributed by atoms with Gasteiger partial charge in [0.05, 0.1) is 5.69 Å². The van der Waals surface area contributed by atoms with Crippen LogP contribution >= 0.6 is 0 Å². The quantitative estimate of drug-likeness (QED) is 0.517. The Kier molecular flexibility index (Phi) is 4.38. The third kappa shape index (κ3) is 4.04. The number of hydrogen-bond donors (Lipinski definition) is 4. The fourth-order valence-electron chi connectivity index (χ4n) is 1.22. The van der Waals surface area contributed by atoms with Gasteiger partial charge in [0.25, 0.3) is 0 Å². The van der Waals surface area contributed by atoms with Crippen molar-refractivity contribution in [1.29, 1.82) is 0 Å². The van der Waals surface area contributed by atoms with Crippen molar-refractivity contribution in [3.8, 4) is 0 Å². The van der Waals surface area contributed by atoms with Crippen LogP contribution in [0.1, 0.15) is 19.3 Å². The van der Waals surface area contributed by atoms with Gasteiger partial charge in [0.2, 0.25) is 5.91 Å². The topological polar surface area (TPSA) is 120 Å². The van der Waals surface area contributed by atoms with Gasteiger partial charge in [-0.2, -0.15) is 0 Å². The number of unbranched alkanes of at least 4 members (excludes halogenated alkanes) is 1. The van der Waals surface area contributed by atoms with E-state index in [0.29, 0.717) is 23.7 Å². The van der Waals surface area contributed by atoms with Gasteiger partial charge in [-0.3, -0.25) is 4.79 Å². The Morgan fingerprint density at radius 1 is 1.31 bits per heavy atom. The van der Waals surface area contributed by atoms with Crippen LogP contribution < -0.4 is 22.5 Å². The number of nitrogens with two attached hydrogens (primary N) is 3. The Hall–Kier alpha value is -1.98. The maximum atomic E-state index is 10.5. The molecule has 0 aliphatic rings. The van der Waals surface area contributed by atoms with Crippen LogP contribution in [0, 0.1) is 0 Å². The third-order valence-electron chi connectivity index (χ3n) is 2.11. The number of amides is 1. The van der Waals surface area contributed by atoms with Gasteiger partial charge < -0.3 is 22.5 Å². The molecule has 0 saturated carbocycles. The Morgan fingerprint density at radius 3 is 2.69 bits per heavy atom. The predicted octanol–water partition coefficient (Wildman–Crippen LogP) is 0.313. The Labute approximate surface area is 94.2 Å². The number of carbonyl (C=O) groups excluding carboxylic acids is 1. The molecular weight excluding hydrogens is 206 g/mol. The molecule has 0 bridgehead atoms. The molecule has 0 atom stereocenters. The minimum atomic E-state index is -0.269. The van der Waals surface area contributed by atoms with E-state index < -0.39 is 0 Å². The largest absolute Gasteiger partial charge is 0.396 e. The first-order valence-electron chi connectivity index (χ1n) is 5.14. The monoisotopic (exact) mass is 223 g/mol. The first-order valence-corrected chi connectivity index (χ1v) is 5.14. The zero-order valence-electron chi connectivity index (χ0n) is 9.07. The fourth-order valence-corrected chi connectivity index (χ4v) is 1.22. The molecule has 7 N–H and O–H groups in total. The molecule has 0 aromatic carbocycles. The van der Waals surface area contributed by atoms with Gasteiger partial charge in [0.15, 0.2) is 0 Å². The first-order chi connectivity index (χ1) is 7.59. The van der Waals surface area contributed by atoms with E-state index in [-0.39, 0.29) is 5.91 Å². The van der Waals surface area contributed by atoms with E-state index in [1.165, 1.54) is 0 Å². The smallest absolute Gasteiger partial charge is 0.217 e. The van der Waals surface area contributed by atoms with Crippen LogP contribution in [0.5, 0.6) is 0 Å². The van der Waals surface area contributed by atoms with Crippen molar-refractivity contribution in [3.05, 3.63) is 12.1 Å². The molecule has 0 spiro atoms. The number of pyridine rings is 1. The van der Waals surface area contributed by atoms with Crippen molar-refractivity contribution in [2.24, 2.45) is 5.73 Å². The molecule has 1 amide bonds. The number of primary amides is 1. The zero-order valence-corrected chi connectivity index (χ0v) is 9.07. The minimum absolute atomic E-state index is 0.269. The summed E-state index contributed by atoms with van der Waals surface area (Å²) in [6.45, 7) is 0.726. The molecule has 1 aromatic heterocycles. The summed E-state index contributed by atoms with van der Waals surface area (Å²) in [7, 11) is 0. The number of carbonyl (C=O) groups is 1. The summed E-state index contributed by atoms with van der Waals surface area (Å²) < 4.78 is 0. The van der Waals surface area contributed by atoms with Crippen LogP contribution in [-0.4, -0.2) is 17.4 Å². The maximum Gasteiger partial charge on any atom is 0.217 e. The van der Waals surface area contributed by atoms with Crippen LogP contribution in [0.15, 0.2) is 12.1 Å². The highest BCUT2D eigenvalue weighted by Gasteiger charge is 1.99. The van der Waals surface area contributed by atoms with Crippen molar-refractivity contribution >= 4 is 23.2 Å². The van der Waals surface area contributed by atoms with E-state index in [1.807, 2.05) is 0 Å². The maximum absolute atomic E-state index is 10.5. The molecule has 0 unspecified atom stereocenters. The molecule has 1 heterocycles. The molecule has 0 aliphatic heterocycles. The summed E-state index contributed by atoms with van der Waals surface area (Å²) in [6.07, 6.45) is 2.04. The van der Waals surface area contributed by atoms with Gasteiger partial charge >= 0.3 is 0 Å². The van der Waals surface area contributed by atoms with Gasteiger partial charge in [-0.1, -0.05) is 0 Å². The first kappa shape index (κ1) is 12.1. The highest BCUT2D eigenvalue weighted by atomic mass is 16.1. The van der Waals surface area contributed by atoms with Gasteiger partial charge in [0, 0.05) is 13.0 Å². The van der Waals surface area contributed by atoms with Gasteiger partial charge in [-0.25, -0.2) is 4.98 Å². The van der Waals surface area contributed by atoms with Crippen molar-refractivity contribution < 1.29 is 4.79 Å². The molecule has 0 aliphatic carbocycles. The van der Waals surface area contributed by atoms with E-state index in [9.17, 15) is 4.79 Å². The number of aromatic nitrogens is 1. The number of rotatable bonds is 6. The van der Waals surface area contributed by atoms with E-state index in [0.717, 1.165) is 19.4 Å². The van der Waals surface area contributed by atoms with Crippen LogP contribution in [0.4, 0.5) is 17.3 Å². The second-order valence-corrected chi connectivity index (χ2v) is 3.52. The normalized spacial score (nSPS) is 10.0. The lowest BCUT2D eigenvalue weighted by atomic mass is 10.2. The minimum Gasteiger partial charge on any atom is -0.396 e. The SMILES string of the molecule is NC(=O)CCCCNc1ccc(N)c(N)n1. The van der Waals surface area contributed by atoms with Gasteiger partial charge in [-0.05, 0) is 25.0 Å². The van der Waals surface area contributed by atoms with E-state index in [1.54, 1.807) is 12.1 Å². The van der Waals surface area contributed by atoms with E-state index in [4.69, 9.17) is 17.2 Å². The molecule has 6 heteroatoms. The van der Waals surface area contributed by atoms with E-state index in [2.05, 4.69) is 10.3 Å². The molecule has 1 aromatic rings.